The van der Waals surface area contributed by atoms with Crippen molar-refractivity contribution in [3.05, 3.63) is 48.5 Å². The smallest absolute Gasteiger partial charge is 0.323 e. The normalized spacial score (nSPS) is 26.7. The van der Waals surface area contributed by atoms with Crippen LogP contribution in [0.3, 0.4) is 0 Å². The molecule has 2 amide bonds. The van der Waals surface area contributed by atoms with Gasteiger partial charge in [0, 0.05) is 5.69 Å². The molecule has 0 aromatic heterocycles. The van der Waals surface area contributed by atoms with Crippen LogP contribution in [-0.4, -0.2) is 82.4 Å². The van der Waals surface area contributed by atoms with Crippen LogP contribution in [0.15, 0.2) is 58.8 Å². The molecule has 54 heavy (non-hydrogen) atoms. The first-order valence-corrected chi connectivity index (χ1v) is 13.4. The van der Waals surface area contributed by atoms with Crippen molar-refractivity contribution in [3.8, 4) is 0 Å². The Balaban J connectivity index is 1.88. The zero-order valence-electron chi connectivity index (χ0n) is 24.6. The van der Waals surface area contributed by atoms with Gasteiger partial charge in [-0.15, -0.1) is 5.11 Å². The van der Waals surface area contributed by atoms with Gasteiger partial charge in [-0.25, -0.2) is 8.78 Å². The van der Waals surface area contributed by atoms with Crippen LogP contribution in [-0.2, 0) is 9.59 Å². The van der Waals surface area contributed by atoms with E-state index < -0.39 is 106 Å². The first kappa shape index (κ1) is 42.2. The molecule has 2 fully saturated rings. The summed E-state index contributed by atoms with van der Waals surface area (Å²) in [4.78, 5) is 24.9. The molecule has 2 aliphatic rings. The number of carbonyl (C=O) groups excluding carboxylic acids is 2. The van der Waals surface area contributed by atoms with E-state index in [0.717, 1.165) is 12.1 Å². The van der Waals surface area contributed by atoms with Crippen LogP contribution in [0.25, 0.3) is 0 Å². The number of hydrogen-bond donors (Lipinski definition) is 2. The van der Waals surface area contributed by atoms with E-state index in [1.807, 2.05) is 0 Å². The molecule has 2 aliphatic carbocycles. The summed E-state index contributed by atoms with van der Waals surface area (Å²) < 4.78 is 311. The Labute approximate surface area is 281 Å². The van der Waals surface area contributed by atoms with Crippen molar-refractivity contribution in [2.45, 2.75) is 70.6 Å². The molecule has 0 aliphatic heterocycles. The summed E-state index contributed by atoms with van der Waals surface area (Å²) in [6.07, 6.45) is 0. The summed E-state index contributed by atoms with van der Waals surface area (Å²) in [5, 5.41) is 7.30. The lowest BCUT2D eigenvalue weighted by molar-refractivity contribution is -0.475. The van der Waals surface area contributed by atoms with Crippen LogP contribution in [0.2, 0.25) is 0 Å². The van der Waals surface area contributed by atoms with E-state index in [-0.39, 0.29) is 17.8 Å². The van der Waals surface area contributed by atoms with Gasteiger partial charge >= 0.3 is 70.6 Å². The van der Waals surface area contributed by atoms with Crippen LogP contribution in [0.5, 0.6) is 0 Å². The Kier molecular flexibility index (Phi) is 8.97. The van der Waals surface area contributed by atoms with Crippen molar-refractivity contribution in [2.24, 2.45) is 10.2 Å². The molecule has 2 N–H and O–H groups in total. The predicted molar refractivity (Wildman–Crippen MR) is 131 cm³/mol. The van der Waals surface area contributed by atoms with Crippen molar-refractivity contribution in [1.29, 1.82) is 0 Å². The molecule has 28 heteroatoms. The molecule has 300 valence electrons. The lowest BCUT2D eigenvalue weighted by atomic mass is 9.71. The number of amides is 2. The summed E-state index contributed by atoms with van der Waals surface area (Å²) >= 11 is 0. The summed E-state index contributed by atoms with van der Waals surface area (Å²) in [7, 11) is 0. The lowest BCUT2D eigenvalue weighted by Crippen LogP contribution is -2.86. The zero-order valence-corrected chi connectivity index (χ0v) is 24.6. The van der Waals surface area contributed by atoms with E-state index in [4.69, 9.17) is 0 Å². The Bertz CT molecular complexity index is 1820. The molecule has 4 rings (SSSR count). The molecule has 2 aromatic rings. The fraction of sp³-hybridized carbons (Fsp3) is 0.462. The van der Waals surface area contributed by atoms with Gasteiger partial charge in [-0.3, -0.25) is 9.59 Å². The number of nitrogens with one attached hydrogen (secondary N) is 2. The molecular formula is C26H10F22N4O2. The van der Waals surface area contributed by atoms with Gasteiger partial charge in [0.1, 0.15) is 5.69 Å². The van der Waals surface area contributed by atoms with Gasteiger partial charge in [-0.05, 0) is 30.3 Å². The third kappa shape index (κ3) is 4.58. The van der Waals surface area contributed by atoms with E-state index in [9.17, 15) is 97.4 Å². The van der Waals surface area contributed by atoms with Gasteiger partial charge < -0.3 is 10.6 Å². The summed E-state index contributed by atoms with van der Waals surface area (Å²) in [5.41, 5.74) is -20.4. The number of carbonyl (C=O) groups is 2. The van der Waals surface area contributed by atoms with Crippen LogP contribution in [0.4, 0.5) is 119 Å². The van der Waals surface area contributed by atoms with Crippen molar-refractivity contribution in [2.75, 3.05) is 10.6 Å². The van der Waals surface area contributed by atoms with E-state index in [2.05, 4.69) is 10.2 Å². The lowest BCUT2D eigenvalue weighted by Gasteiger charge is -2.51. The monoisotopic (exact) mass is 828 g/mol. The topological polar surface area (TPSA) is 82.9 Å². The maximum Gasteiger partial charge on any atom is 0.384 e. The molecule has 0 unspecified atom stereocenters. The highest BCUT2D eigenvalue weighted by atomic mass is 19.4. The number of hydrogen-bond acceptors (Lipinski definition) is 4. The molecule has 0 bridgehead atoms. The van der Waals surface area contributed by atoms with Crippen molar-refractivity contribution < 1.29 is 106 Å². The number of nitrogens with zero attached hydrogens (tertiary/aromatic N) is 2. The van der Waals surface area contributed by atoms with Gasteiger partial charge in [0.2, 0.25) is 0 Å². The highest BCUT2D eigenvalue weighted by molar-refractivity contribution is 6.04. The summed E-state index contributed by atoms with van der Waals surface area (Å²) in [6.45, 7) is 0. The number of rotatable bonds is 6. The van der Waals surface area contributed by atoms with Gasteiger partial charge in [-0.2, -0.15) is 92.9 Å². The Morgan fingerprint density at radius 3 is 1.11 bits per heavy atom. The molecule has 2 saturated carbocycles. The average molecular weight is 828 g/mol. The summed E-state index contributed by atoms with van der Waals surface area (Å²) in [5.74, 6) is -86.4. The SMILES string of the molecule is O=C(Nc1ccc(N=Nc2ccccc2)c(NC(=O)C2(F)C(F)(F)C(F)(F)C(F)(F)C(F)(F)C2(F)F)c1)C1(F)C(F)(F)C(F)(F)C(F)(F)C(F)(F)C1(F)F. The molecule has 0 saturated heterocycles. The highest BCUT2D eigenvalue weighted by Gasteiger charge is 3.04. The quantitative estimate of drug-likeness (QED) is 0.225. The first-order chi connectivity index (χ1) is 24.0. The molecular weight excluding hydrogens is 818 g/mol. The van der Waals surface area contributed by atoms with Crippen molar-refractivity contribution in [1.82, 2.24) is 0 Å². The second kappa shape index (κ2) is 11.5. The summed E-state index contributed by atoms with van der Waals surface area (Å²) in [6, 6.07) is 5.29. The number of azo groups is 1. The molecule has 6 nitrogen and oxygen atoms in total. The van der Waals surface area contributed by atoms with Gasteiger partial charge in [0.05, 0.1) is 11.4 Å². The molecule has 0 heterocycles. The molecule has 2 aromatic carbocycles. The van der Waals surface area contributed by atoms with Gasteiger partial charge in [-0.1, -0.05) is 18.2 Å². The number of halogens is 22. The Morgan fingerprint density at radius 1 is 0.407 bits per heavy atom. The Hall–Kier alpha value is -4.56. The van der Waals surface area contributed by atoms with Crippen molar-refractivity contribution >= 4 is 34.6 Å². The van der Waals surface area contributed by atoms with Gasteiger partial charge in [0.15, 0.2) is 0 Å². The number of anilines is 2. The standard InChI is InChI=1S/C26H10F22N4O2/c27-15(17(29,30)21(37,38)25(45,46)22(39,40)18(15,31)32)13(53)49-10-6-7-11(52-51-9-4-2-1-3-5-9)12(8-10)50-14(54)16(28)19(33,34)23(41,42)26(47,48)24(43,44)20(16,35)36/h1-8H,(H,49,53)(H,50,54). The third-order valence-electron chi connectivity index (χ3n) is 8.04. The fourth-order valence-electron chi connectivity index (χ4n) is 4.85. The molecule has 0 radical (unpaired) electrons. The predicted octanol–water partition coefficient (Wildman–Crippen LogP) is 9.78. The van der Waals surface area contributed by atoms with Gasteiger partial charge in [0.25, 0.3) is 11.8 Å². The minimum absolute atomic E-state index is 0.0243. The highest BCUT2D eigenvalue weighted by Crippen LogP contribution is 2.71. The van der Waals surface area contributed by atoms with E-state index in [1.165, 1.54) is 18.2 Å². The Morgan fingerprint density at radius 2 is 0.741 bits per heavy atom. The van der Waals surface area contributed by atoms with Crippen LogP contribution in [0, 0.1) is 0 Å². The minimum atomic E-state index is -7.85. The van der Waals surface area contributed by atoms with Crippen LogP contribution < -0.4 is 10.6 Å². The minimum Gasteiger partial charge on any atom is -0.323 e. The zero-order chi connectivity index (χ0) is 41.9. The molecule has 0 spiro atoms. The van der Waals surface area contributed by atoms with E-state index >= 15 is 8.78 Å². The maximum absolute atomic E-state index is 15.4. The van der Waals surface area contributed by atoms with Crippen LogP contribution >= 0.6 is 0 Å². The number of alkyl halides is 22. The van der Waals surface area contributed by atoms with Crippen LogP contribution in [0.1, 0.15) is 0 Å². The second-order valence-corrected chi connectivity index (χ2v) is 11.2. The third-order valence-corrected chi connectivity index (χ3v) is 8.04. The molecule has 0 atom stereocenters. The average Bonchev–Trinajstić information content (AvgIpc) is 3.05. The largest absolute Gasteiger partial charge is 0.384 e. The maximum atomic E-state index is 15.4. The van der Waals surface area contributed by atoms with Crippen molar-refractivity contribution in [3.63, 3.8) is 0 Å². The first-order valence-electron chi connectivity index (χ1n) is 13.4. The second-order valence-electron chi connectivity index (χ2n) is 11.2. The van der Waals surface area contributed by atoms with E-state index in [1.54, 1.807) is 0 Å². The van der Waals surface area contributed by atoms with E-state index in [0.29, 0.717) is 10.6 Å². The fourth-order valence-corrected chi connectivity index (χ4v) is 4.85. The number of benzene rings is 2.